The topological polar surface area (TPSA) is 92.0 Å². The molecular formula is C27H46FN7. The first kappa shape index (κ1) is 29.1. The van der Waals surface area contributed by atoms with Crippen molar-refractivity contribution in [3.63, 3.8) is 0 Å². The van der Waals surface area contributed by atoms with Crippen LogP contribution in [0.3, 0.4) is 0 Å². The summed E-state index contributed by atoms with van der Waals surface area (Å²) in [6, 6.07) is 6.46. The van der Waals surface area contributed by atoms with Gasteiger partial charge < -0.3 is 16.4 Å². The van der Waals surface area contributed by atoms with Gasteiger partial charge in [-0.2, -0.15) is 9.97 Å². The van der Waals surface area contributed by atoms with Gasteiger partial charge in [-0.3, -0.25) is 4.90 Å². The smallest absolute Gasteiger partial charge is 0.226 e. The molecule has 2 saturated heterocycles. The monoisotopic (exact) mass is 487 g/mol. The van der Waals surface area contributed by atoms with Crippen LogP contribution >= 0.6 is 0 Å². The van der Waals surface area contributed by atoms with Crippen LogP contribution in [-0.4, -0.2) is 64.7 Å². The number of hydrogen-bond acceptors (Lipinski definition) is 7. The molecule has 3 heterocycles. The van der Waals surface area contributed by atoms with Crippen molar-refractivity contribution in [2.45, 2.75) is 85.2 Å². The van der Waals surface area contributed by atoms with Gasteiger partial charge in [0.05, 0.1) is 0 Å². The predicted molar refractivity (Wildman–Crippen MR) is 143 cm³/mol. The Kier molecular flexibility index (Phi) is 13.1. The Labute approximate surface area is 211 Å². The number of likely N-dealkylation sites (tertiary alicyclic amines) is 1. The summed E-state index contributed by atoms with van der Waals surface area (Å²) in [7, 11) is 0. The molecule has 8 heteroatoms. The van der Waals surface area contributed by atoms with Crippen LogP contribution in [0.2, 0.25) is 0 Å². The molecule has 0 radical (unpaired) electrons. The molecule has 2 aromatic rings. The SMILES string of the molecule is CCN1CCCC1CN.CCc1ccc(C)cc1F.Cc1nc(C)nc(NC2CCCCNC2)n1. The summed E-state index contributed by atoms with van der Waals surface area (Å²) in [6.45, 7) is 15.2. The van der Waals surface area contributed by atoms with E-state index in [0.29, 0.717) is 18.0 Å². The Balaban J connectivity index is 0.000000197. The predicted octanol–water partition coefficient (Wildman–Crippen LogP) is 4.17. The zero-order valence-corrected chi connectivity index (χ0v) is 22.4. The Hall–Kier alpha value is -2.16. The van der Waals surface area contributed by atoms with Crippen LogP contribution in [0.1, 0.15) is 68.7 Å². The third kappa shape index (κ3) is 10.5. The number of rotatable bonds is 5. The Morgan fingerprint density at radius 3 is 2.40 bits per heavy atom. The van der Waals surface area contributed by atoms with Gasteiger partial charge in [0.25, 0.3) is 0 Å². The van der Waals surface area contributed by atoms with Crippen molar-refractivity contribution in [2.24, 2.45) is 5.73 Å². The van der Waals surface area contributed by atoms with Gasteiger partial charge in [-0.25, -0.2) is 9.37 Å². The third-order valence-electron chi connectivity index (χ3n) is 6.51. The number of likely N-dealkylation sites (N-methyl/N-ethyl adjacent to an activating group) is 1. The van der Waals surface area contributed by atoms with Crippen molar-refractivity contribution in [1.82, 2.24) is 25.2 Å². The van der Waals surface area contributed by atoms with E-state index in [1.54, 1.807) is 6.07 Å². The van der Waals surface area contributed by atoms with E-state index in [0.717, 1.165) is 48.8 Å². The molecule has 0 bridgehead atoms. The summed E-state index contributed by atoms with van der Waals surface area (Å²) >= 11 is 0. The minimum absolute atomic E-state index is 0.0810. The van der Waals surface area contributed by atoms with Gasteiger partial charge >= 0.3 is 0 Å². The van der Waals surface area contributed by atoms with E-state index in [1.165, 1.54) is 45.2 Å². The number of nitrogens with one attached hydrogen (secondary N) is 2. The highest BCUT2D eigenvalue weighted by atomic mass is 19.1. The lowest BCUT2D eigenvalue weighted by atomic mass is 10.1. The molecule has 0 aliphatic carbocycles. The zero-order valence-electron chi connectivity index (χ0n) is 22.4. The maximum atomic E-state index is 12.9. The summed E-state index contributed by atoms with van der Waals surface area (Å²) in [5, 5.41) is 6.79. The molecule has 2 atom stereocenters. The summed E-state index contributed by atoms with van der Waals surface area (Å²) in [5.74, 6) is 2.18. The van der Waals surface area contributed by atoms with Gasteiger partial charge in [0.1, 0.15) is 17.5 Å². The molecule has 2 aliphatic heterocycles. The molecule has 0 amide bonds. The molecular weight excluding hydrogens is 441 g/mol. The maximum absolute atomic E-state index is 12.9. The van der Waals surface area contributed by atoms with E-state index >= 15 is 0 Å². The van der Waals surface area contributed by atoms with Crippen LogP contribution in [0, 0.1) is 26.6 Å². The lowest BCUT2D eigenvalue weighted by molar-refractivity contribution is 0.272. The maximum Gasteiger partial charge on any atom is 0.226 e. The summed E-state index contributed by atoms with van der Waals surface area (Å²) < 4.78 is 12.9. The van der Waals surface area contributed by atoms with E-state index < -0.39 is 0 Å². The van der Waals surface area contributed by atoms with Crippen molar-refractivity contribution in [2.75, 3.05) is 38.0 Å². The Morgan fingerprint density at radius 1 is 1.06 bits per heavy atom. The standard InChI is InChI=1S/C11H19N5.C9H11F.C7H16N2/c1-8-13-9(2)15-11(14-8)16-10-5-3-4-6-12-7-10;1-3-8-5-4-7(2)6-9(8)10;1-2-9-5-3-4-7(9)6-8/h10,12H,3-7H2,1-2H3,(H,13,14,15,16);4-6H,3H2,1-2H3;7H,2-6,8H2,1H3. The molecule has 196 valence electrons. The Morgan fingerprint density at radius 2 is 1.80 bits per heavy atom. The van der Waals surface area contributed by atoms with Crippen molar-refractivity contribution < 1.29 is 4.39 Å². The fourth-order valence-electron chi connectivity index (χ4n) is 4.52. The van der Waals surface area contributed by atoms with Crippen LogP contribution < -0.4 is 16.4 Å². The first-order valence-corrected chi connectivity index (χ1v) is 13.2. The Bertz CT molecular complexity index is 838. The quantitative estimate of drug-likeness (QED) is 0.583. The van der Waals surface area contributed by atoms with E-state index in [1.807, 2.05) is 39.8 Å². The second kappa shape index (κ2) is 15.8. The molecule has 4 N–H and O–H groups in total. The van der Waals surface area contributed by atoms with Crippen LogP contribution in [0.25, 0.3) is 0 Å². The number of nitrogens with two attached hydrogens (primary N) is 1. The zero-order chi connectivity index (χ0) is 25.6. The summed E-state index contributed by atoms with van der Waals surface area (Å²) in [5.41, 5.74) is 7.34. The van der Waals surface area contributed by atoms with Crippen LogP contribution in [0.15, 0.2) is 18.2 Å². The van der Waals surface area contributed by atoms with Gasteiger partial charge in [-0.05, 0) is 89.7 Å². The van der Waals surface area contributed by atoms with Gasteiger partial charge in [-0.15, -0.1) is 0 Å². The average molecular weight is 488 g/mol. The second-order valence-corrected chi connectivity index (χ2v) is 9.40. The minimum Gasteiger partial charge on any atom is -0.350 e. The van der Waals surface area contributed by atoms with Gasteiger partial charge in [-0.1, -0.05) is 32.4 Å². The molecule has 0 spiro atoms. The van der Waals surface area contributed by atoms with Crippen molar-refractivity contribution in [3.05, 3.63) is 46.8 Å². The average Bonchev–Trinajstić information content (AvgIpc) is 3.15. The fraction of sp³-hybridized carbons (Fsp3) is 0.667. The van der Waals surface area contributed by atoms with Crippen molar-refractivity contribution >= 4 is 5.95 Å². The van der Waals surface area contributed by atoms with Crippen molar-refractivity contribution in [3.8, 4) is 0 Å². The van der Waals surface area contributed by atoms with Crippen LogP contribution in [0.5, 0.6) is 0 Å². The van der Waals surface area contributed by atoms with E-state index in [9.17, 15) is 4.39 Å². The minimum atomic E-state index is -0.0810. The lowest BCUT2D eigenvalue weighted by Crippen LogP contribution is -2.34. The highest BCUT2D eigenvalue weighted by Crippen LogP contribution is 2.14. The number of aryl methyl sites for hydroxylation is 4. The first-order valence-electron chi connectivity index (χ1n) is 13.2. The number of nitrogens with zero attached hydrogens (tertiary/aromatic N) is 4. The van der Waals surface area contributed by atoms with Gasteiger partial charge in [0.15, 0.2) is 0 Å². The number of hydrogen-bond donors (Lipinski definition) is 3. The van der Waals surface area contributed by atoms with Gasteiger partial charge in [0.2, 0.25) is 5.95 Å². The second-order valence-electron chi connectivity index (χ2n) is 9.40. The normalized spacial score (nSPS) is 20.2. The molecule has 2 aliphatic rings. The van der Waals surface area contributed by atoms with E-state index in [2.05, 4.69) is 37.4 Å². The highest BCUT2D eigenvalue weighted by molar-refractivity contribution is 5.26. The largest absolute Gasteiger partial charge is 0.350 e. The summed E-state index contributed by atoms with van der Waals surface area (Å²) in [6.07, 6.45) is 7.12. The molecule has 4 rings (SSSR count). The van der Waals surface area contributed by atoms with Gasteiger partial charge in [0, 0.05) is 25.2 Å². The van der Waals surface area contributed by atoms with E-state index in [-0.39, 0.29) is 5.82 Å². The molecule has 1 aromatic carbocycles. The molecule has 0 saturated carbocycles. The lowest BCUT2D eigenvalue weighted by Gasteiger charge is -2.20. The number of halogens is 1. The molecule has 35 heavy (non-hydrogen) atoms. The number of aromatic nitrogens is 3. The van der Waals surface area contributed by atoms with Crippen molar-refractivity contribution in [1.29, 1.82) is 0 Å². The number of benzene rings is 1. The molecule has 1 aromatic heterocycles. The van der Waals surface area contributed by atoms with E-state index in [4.69, 9.17) is 5.73 Å². The highest BCUT2D eigenvalue weighted by Gasteiger charge is 2.20. The fourth-order valence-corrected chi connectivity index (χ4v) is 4.52. The molecule has 7 nitrogen and oxygen atoms in total. The first-order chi connectivity index (χ1) is 16.9. The number of anilines is 1. The van der Waals surface area contributed by atoms with Crippen LogP contribution in [-0.2, 0) is 6.42 Å². The third-order valence-corrected chi connectivity index (χ3v) is 6.51. The van der Waals surface area contributed by atoms with Crippen LogP contribution in [0.4, 0.5) is 10.3 Å². The molecule has 2 unspecified atom stereocenters. The molecule has 2 fully saturated rings. The summed E-state index contributed by atoms with van der Waals surface area (Å²) in [4.78, 5) is 15.2.